The summed E-state index contributed by atoms with van der Waals surface area (Å²) >= 11 is 0. The smallest absolute Gasteiger partial charge is 0.292 e. The van der Waals surface area contributed by atoms with Crippen LogP contribution in [0.5, 0.6) is 0 Å². The zero-order chi connectivity index (χ0) is 12.3. The van der Waals surface area contributed by atoms with E-state index in [-0.39, 0.29) is 22.7 Å². The predicted molar refractivity (Wildman–Crippen MR) is 67.0 cm³/mol. The Labute approximate surface area is 100 Å². The Kier molecular flexibility index (Phi) is 3.58. The average Bonchev–Trinajstić information content (AvgIpc) is 2.29. The molecule has 1 aliphatic carbocycles. The monoisotopic (exact) mass is 235 g/mol. The minimum absolute atomic E-state index is 0.131. The van der Waals surface area contributed by atoms with E-state index in [1.54, 1.807) is 18.2 Å². The molecule has 0 aromatic heterocycles. The van der Waals surface area contributed by atoms with E-state index in [0.29, 0.717) is 5.69 Å². The van der Waals surface area contributed by atoms with Gasteiger partial charge in [0.2, 0.25) is 0 Å². The fourth-order valence-corrected chi connectivity index (χ4v) is 2.33. The average molecular weight is 235 g/mol. The number of benzene rings is 1. The van der Waals surface area contributed by atoms with Gasteiger partial charge in [-0.1, -0.05) is 12.1 Å². The Bertz CT molecular complexity index is 408. The van der Waals surface area contributed by atoms with Crippen molar-refractivity contribution in [3.05, 3.63) is 34.4 Å². The summed E-state index contributed by atoms with van der Waals surface area (Å²) < 4.78 is 0. The van der Waals surface area contributed by atoms with Gasteiger partial charge in [0.05, 0.1) is 4.92 Å². The highest BCUT2D eigenvalue weighted by Crippen LogP contribution is 2.27. The van der Waals surface area contributed by atoms with Crippen molar-refractivity contribution in [2.45, 2.75) is 37.8 Å². The molecule has 1 aromatic carbocycles. The van der Waals surface area contributed by atoms with Crippen molar-refractivity contribution < 1.29 is 4.92 Å². The van der Waals surface area contributed by atoms with Crippen LogP contribution in [0.1, 0.15) is 25.7 Å². The Hall–Kier alpha value is -1.62. The lowest BCUT2D eigenvalue weighted by atomic mass is 9.91. The lowest BCUT2D eigenvalue weighted by Gasteiger charge is -2.27. The van der Waals surface area contributed by atoms with Gasteiger partial charge in [-0.15, -0.1) is 0 Å². The molecule has 1 saturated carbocycles. The maximum Gasteiger partial charge on any atom is 0.292 e. The highest BCUT2D eigenvalue weighted by Gasteiger charge is 2.21. The molecule has 17 heavy (non-hydrogen) atoms. The SMILES string of the molecule is NC1CCCC(Nc2ccccc2[N+](=O)[O-])C1. The Morgan fingerprint density at radius 2 is 2.12 bits per heavy atom. The molecule has 0 saturated heterocycles. The van der Waals surface area contributed by atoms with E-state index in [9.17, 15) is 10.1 Å². The Morgan fingerprint density at radius 1 is 1.35 bits per heavy atom. The highest BCUT2D eigenvalue weighted by molar-refractivity contribution is 5.61. The normalized spacial score (nSPS) is 24.3. The second kappa shape index (κ2) is 5.14. The van der Waals surface area contributed by atoms with Crippen molar-refractivity contribution in [2.75, 3.05) is 5.32 Å². The fourth-order valence-electron chi connectivity index (χ4n) is 2.33. The largest absolute Gasteiger partial charge is 0.377 e. The van der Waals surface area contributed by atoms with Crippen molar-refractivity contribution in [3.8, 4) is 0 Å². The molecule has 5 heteroatoms. The van der Waals surface area contributed by atoms with Crippen LogP contribution in [0.4, 0.5) is 11.4 Å². The van der Waals surface area contributed by atoms with Crippen LogP contribution in [0, 0.1) is 10.1 Å². The number of rotatable bonds is 3. The molecule has 2 rings (SSSR count). The van der Waals surface area contributed by atoms with Crippen LogP contribution >= 0.6 is 0 Å². The van der Waals surface area contributed by atoms with E-state index in [1.807, 2.05) is 0 Å². The molecule has 0 heterocycles. The number of hydrogen-bond acceptors (Lipinski definition) is 4. The van der Waals surface area contributed by atoms with Gasteiger partial charge in [-0.2, -0.15) is 0 Å². The van der Waals surface area contributed by atoms with Crippen molar-refractivity contribution in [1.29, 1.82) is 0 Å². The number of nitro groups is 1. The van der Waals surface area contributed by atoms with E-state index in [2.05, 4.69) is 5.32 Å². The lowest BCUT2D eigenvalue weighted by molar-refractivity contribution is -0.384. The molecule has 0 amide bonds. The minimum atomic E-state index is -0.356. The van der Waals surface area contributed by atoms with Gasteiger partial charge in [-0.05, 0) is 31.7 Å². The first-order valence-corrected chi connectivity index (χ1v) is 5.92. The maximum atomic E-state index is 10.9. The topological polar surface area (TPSA) is 81.2 Å². The van der Waals surface area contributed by atoms with E-state index < -0.39 is 0 Å². The van der Waals surface area contributed by atoms with E-state index in [4.69, 9.17) is 5.73 Å². The van der Waals surface area contributed by atoms with Gasteiger partial charge in [0.1, 0.15) is 5.69 Å². The van der Waals surface area contributed by atoms with Crippen LogP contribution < -0.4 is 11.1 Å². The first kappa shape index (κ1) is 11.9. The summed E-state index contributed by atoms with van der Waals surface area (Å²) in [5.41, 5.74) is 6.63. The molecule has 5 nitrogen and oxygen atoms in total. The molecule has 0 bridgehead atoms. The summed E-state index contributed by atoms with van der Waals surface area (Å²) in [5, 5.41) is 14.1. The third kappa shape index (κ3) is 2.94. The molecule has 1 aromatic rings. The summed E-state index contributed by atoms with van der Waals surface area (Å²) in [6.45, 7) is 0. The zero-order valence-corrected chi connectivity index (χ0v) is 9.63. The van der Waals surface area contributed by atoms with Crippen LogP contribution in [-0.2, 0) is 0 Å². The van der Waals surface area contributed by atoms with Crippen LogP contribution in [-0.4, -0.2) is 17.0 Å². The van der Waals surface area contributed by atoms with Gasteiger partial charge in [0.25, 0.3) is 5.69 Å². The number of anilines is 1. The first-order valence-electron chi connectivity index (χ1n) is 5.92. The van der Waals surface area contributed by atoms with Crippen molar-refractivity contribution in [1.82, 2.24) is 0 Å². The fraction of sp³-hybridized carbons (Fsp3) is 0.500. The van der Waals surface area contributed by atoms with Gasteiger partial charge in [-0.3, -0.25) is 10.1 Å². The van der Waals surface area contributed by atoms with Crippen molar-refractivity contribution in [3.63, 3.8) is 0 Å². The molecule has 2 atom stereocenters. The number of nitrogens with two attached hydrogens (primary N) is 1. The lowest BCUT2D eigenvalue weighted by Crippen LogP contribution is -2.35. The zero-order valence-electron chi connectivity index (χ0n) is 9.63. The van der Waals surface area contributed by atoms with E-state index in [0.717, 1.165) is 25.7 Å². The molecule has 0 spiro atoms. The summed E-state index contributed by atoms with van der Waals surface area (Å²) in [5.74, 6) is 0. The summed E-state index contributed by atoms with van der Waals surface area (Å²) in [4.78, 5) is 10.5. The number of nitro benzene ring substituents is 1. The van der Waals surface area contributed by atoms with Crippen LogP contribution in [0.15, 0.2) is 24.3 Å². The molecule has 1 aliphatic rings. The summed E-state index contributed by atoms with van der Waals surface area (Å²) in [7, 11) is 0. The Morgan fingerprint density at radius 3 is 2.82 bits per heavy atom. The van der Waals surface area contributed by atoms with Gasteiger partial charge in [-0.25, -0.2) is 0 Å². The molecule has 3 N–H and O–H groups in total. The van der Waals surface area contributed by atoms with Gasteiger partial charge >= 0.3 is 0 Å². The molecule has 2 unspecified atom stereocenters. The van der Waals surface area contributed by atoms with Gasteiger partial charge in [0, 0.05) is 18.2 Å². The van der Waals surface area contributed by atoms with E-state index >= 15 is 0 Å². The standard InChI is InChI=1S/C12H17N3O2/c13-9-4-3-5-10(8-9)14-11-6-1-2-7-12(11)15(16)17/h1-2,6-7,9-10,14H,3-5,8,13H2. The number of nitrogens with one attached hydrogen (secondary N) is 1. The second-order valence-electron chi connectivity index (χ2n) is 4.54. The molecular weight excluding hydrogens is 218 g/mol. The van der Waals surface area contributed by atoms with Gasteiger partial charge < -0.3 is 11.1 Å². The molecule has 0 aliphatic heterocycles. The molecule has 1 fully saturated rings. The van der Waals surface area contributed by atoms with Crippen molar-refractivity contribution in [2.24, 2.45) is 5.73 Å². The van der Waals surface area contributed by atoms with Crippen molar-refractivity contribution >= 4 is 11.4 Å². The maximum absolute atomic E-state index is 10.9. The summed E-state index contributed by atoms with van der Waals surface area (Å²) in [6.07, 6.45) is 4.04. The predicted octanol–water partition coefficient (Wildman–Crippen LogP) is 2.28. The molecular formula is C12H17N3O2. The van der Waals surface area contributed by atoms with Crippen LogP contribution in [0.2, 0.25) is 0 Å². The third-order valence-corrected chi connectivity index (χ3v) is 3.18. The number of para-hydroxylation sites is 2. The third-order valence-electron chi connectivity index (χ3n) is 3.18. The molecule has 0 radical (unpaired) electrons. The van der Waals surface area contributed by atoms with Gasteiger partial charge in [0.15, 0.2) is 0 Å². The summed E-state index contributed by atoms with van der Waals surface area (Å²) in [6, 6.07) is 7.21. The highest BCUT2D eigenvalue weighted by atomic mass is 16.6. The number of nitrogens with zero attached hydrogens (tertiary/aromatic N) is 1. The Balaban J connectivity index is 2.10. The van der Waals surface area contributed by atoms with E-state index in [1.165, 1.54) is 6.07 Å². The minimum Gasteiger partial charge on any atom is -0.377 e. The quantitative estimate of drug-likeness (QED) is 0.622. The van der Waals surface area contributed by atoms with Crippen LogP contribution in [0.25, 0.3) is 0 Å². The number of hydrogen-bond donors (Lipinski definition) is 2. The first-order chi connectivity index (χ1) is 8.16. The second-order valence-corrected chi connectivity index (χ2v) is 4.54. The molecule has 92 valence electrons. The van der Waals surface area contributed by atoms with Crippen LogP contribution in [0.3, 0.4) is 0 Å².